The van der Waals surface area contributed by atoms with Crippen molar-refractivity contribution in [3.05, 3.63) is 63.5 Å². The maximum Gasteiger partial charge on any atom is 0.387 e. The van der Waals surface area contributed by atoms with Crippen LogP contribution in [0.25, 0.3) is 11.4 Å². The number of halogens is 2. The zero-order valence-corrected chi connectivity index (χ0v) is 16.2. The van der Waals surface area contributed by atoms with Gasteiger partial charge in [-0.3, -0.25) is 10.1 Å². The predicted octanol–water partition coefficient (Wildman–Crippen LogP) is 3.92. The number of aromatic nitrogens is 2. The quantitative estimate of drug-likeness (QED) is 0.294. The van der Waals surface area contributed by atoms with Crippen LogP contribution in [0.4, 0.5) is 14.5 Å². The van der Waals surface area contributed by atoms with Crippen LogP contribution >= 0.6 is 0 Å². The molecular formula is C19H15F2N3O7. The van der Waals surface area contributed by atoms with E-state index in [2.05, 4.69) is 14.9 Å². The van der Waals surface area contributed by atoms with Crippen molar-refractivity contribution in [2.45, 2.75) is 20.1 Å². The molecule has 0 fully saturated rings. The summed E-state index contributed by atoms with van der Waals surface area (Å²) in [5.41, 5.74) is 0.382. The van der Waals surface area contributed by atoms with Crippen molar-refractivity contribution in [1.29, 1.82) is 0 Å². The molecule has 0 aliphatic rings. The minimum atomic E-state index is -3.01. The van der Waals surface area contributed by atoms with Crippen LogP contribution in [0.1, 0.15) is 21.8 Å². The van der Waals surface area contributed by atoms with Gasteiger partial charge in [-0.25, -0.2) is 4.79 Å². The lowest BCUT2D eigenvalue weighted by atomic mass is 10.1. The lowest BCUT2D eigenvalue weighted by Gasteiger charge is -2.10. The summed E-state index contributed by atoms with van der Waals surface area (Å²) in [6.07, 6.45) is 0. The van der Waals surface area contributed by atoms with Crippen LogP contribution in [0, 0.1) is 17.0 Å². The number of nitrogens with zero attached hydrogens (tertiary/aromatic N) is 3. The molecule has 0 bridgehead atoms. The maximum absolute atomic E-state index is 12.4. The molecular weight excluding hydrogens is 420 g/mol. The molecule has 10 nitrogen and oxygen atoms in total. The highest BCUT2D eigenvalue weighted by Gasteiger charge is 2.20. The monoisotopic (exact) mass is 435 g/mol. The van der Waals surface area contributed by atoms with E-state index < -0.39 is 17.5 Å². The largest absolute Gasteiger partial charge is 0.493 e. The van der Waals surface area contributed by atoms with Crippen LogP contribution in [0.3, 0.4) is 0 Å². The Morgan fingerprint density at radius 1 is 1.26 bits per heavy atom. The molecule has 12 heteroatoms. The summed E-state index contributed by atoms with van der Waals surface area (Å²) in [5, 5.41) is 14.7. The summed E-state index contributed by atoms with van der Waals surface area (Å²) in [6, 6.07) is 8.13. The van der Waals surface area contributed by atoms with E-state index in [0.29, 0.717) is 5.56 Å². The van der Waals surface area contributed by atoms with E-state index in [4.69, 9.17) is 14.0 Å². The number of ether oxygens (including phenoxy) is 3. The fourth-order valence-electron chi connectivity index (χ4n) is 2.68. The summed E-state index contributed by atoms with van der Waals surface area (Å²) in [5.74, 6) is -0.864. The summed E-state index contributed by atoms with van der Waals surface area (Å²) in [7, 11) is 1.29. The number of benzene rings is 2. The SMILES string of the molecule is COc1cc(-c2noc(COC(=O)c3cccc([N+](=O)[O-])c3C)n2)ccc1OC(F)F. The summed E-state index contributed by atoms with van der Waals surface area (Å²) < 4.78 is 44.4. The third kappa shape index (κ3) is 4.91. The van der Waals surface area contributed by atoms with Gasteiger partial charge >= 0.3 is 12.6 Å². The number of nitro benzene ring substituents is 1. The van der Waals surface area contributed by atoms with E-state index in [9.17, 15) is 23.7 Å². The Morgan fingerprint density at radius 2 is 2.03 bits per heavy atom. The molecule has 0 N–H and O–H groups in total. The van der Waals surface area contributed by atoms with Crippen LogP contribution in [0.5, 0.6) is 11.5 Å². The molecule has 0 radical (unpaired) electrons. The first kappa shape index (κ1) is 21.6. The number of rotatable bonds is 8. The first-order valence-electron chi connectivity index (χ1n) is 8.67. The van der Waals surface area contributed by atoms with Crippen molar-refractivity contribution < 1.29 is 37.2 Å². The first-order valence-corrected chi connectivity index (χ1v) is 8.67. The minimum absolute atomic E-state index is 0.0355. The topological polar surface area (TPSA) is 127 Å². The van der Waals surface area contributed by atoms with Gasteiger partial charge in [0.2, 0.25) is 5.82 Å². The smallest absolute Gasteiger partial charge is 0.387 e. The molecule has 1 heterocycles. The van der Waals surface area contributed by atoms with Gasteiger partial charge in [-0.15, -0.1) is 0 Å². The fourth-order valence-corrected chi connectivity index (χ4v) is 2.68. The first-order chi connectivity index (χ1) is 14.8. The number of alkyl halides is 2. The van der Waals surface area contributed by atoms with E-state index >= 15 is 0 Å². The molecule has 162 valence electrons. The van der Waals surface area contributed by atoms with Gasteiger partial charge in [0.25, 0.3) is 11.6 Å². The standard InChI is InChI=1S/C19H15F2N3O7/c1-10-12(4-3-5-13(10)24(26)27)18(25)29-9-16-22-17(23-31-16)11-6-7-14(30-19(20)21)15(8-11)28-2/h3-8,19H,9H2,1-2H3. The van der Waals surface area contributed by atoms with Gasteiger partial charge in [-0.05, 0) is 31.2 Å². The zero-order valence-electron chi connectivity index (χ0n) is 16.2. The van der Waals surface area contributed by atoms with Gasteiger partial charge in [0.1, 0.15) is 0 Å². The van der Waals surface area contributed by atoms with Crippen molar-refractivity contribution in [2.24, 2.45) is 0 Å². The molecule has 0 amide bonds. The highest BCUT2D eigenvalue weighted by Crippen LogP contribution is 2.32. The molecule has 0 atom stereocenters. The Kier molecular flexibility index (Phi) is 6.38. The number of hydrogen-bond acceptors (Lipinski definition) is 9. The van der Waals surface area contributed by atoms with E-state index in [1.807, 2.05) is 0 Å². The summed E-state index contributed by atoms with van der Waals surface area (Å²) >= 11 is 0. The van der Waals surface area contributed by atoms with Crippen LogP contribution in [-0.4, -0.2) is 34.8 Å². The van der Waals surface area contributed by atoms with Crippen molar-refractivity contribution in [2.75, 3.05) is 7.11 Å². The predicted molar refractivity (Wildman–Crippen MR) is 99.9 cm³/mol. The molecule has 31 heavy (non-hydrogen) atoms. The molecule has 2 aromatic carbocycles. The van der Waals surface area contributed by atoms with E-state index in [0.717, 1.165) is 0 Å². The molecule has 1 aromatic heterocycles. The Bertz CT molecular complexity index is 1120. The lowest BCUT2D eigenvalue weighted by Crippen LogP contribution is -2.08. The molecule has 0 spiro atoms. The molecule has 3 aromatic rings. The third-order valence-electron chi connectivity index (χ3n) is 4.15. The third-order valence-corrected chi connectivity index (χ3v) is 4.15. The van der Waals surface area contributed by atoms with Crippen molar-refractivity contribution in [3.8, 4) is 22.9 Å². The van der Waals surface area contributed by atoms with E-state index in [1.165, 1.54) is 50.4 Å². The van der Waals surface area contributed by atoms with Gasteiger partial charge in [0, 0.05) is 17.2 Å². The molecule has 0 unspecified atom stereocenters. The van der Waals surface area contributed by atoms with Gasteiger partial charge in [-0.2, -0.15) is 13.8 Å². The summed E-state index contributed by atoms with van der Waals surface area (Å²) in [6.45, 7) is -1.95. The molecule has 3 rings (SSSR count). The lowest BCUT2D eigenvalue weighted by molar-refractivity contribution is -0.385. The number of esters is 1. The maximum atomic E-state index is 12.4. The Morgan fingerprint density at radius 3 is 2.71 bits per heavy atom. The number of nitro groups is 1. The zero-order chi connectivity index (χ0) is 22.5. The summed E-state index contributed by atoms with van der Waals surface area (Å²) in [4.78, 5) is 26.7. The highest BCUT2D eigenvalue weighted by molar-refractivity contribution is 5.92. The second-order valence-corrected chi connectivity index (χ2v) is 6.04. The normalized spacial score (nSPS) is 10.7. The molecule has 0 saturated carbocycles. The number of hydrogen-bond donors (Lipinski definition) is 0. The van der Waals surface area contributed by atoms with Gasteiger partial charge in [0.05, 0.1) is 17.6 Å². The van der Waals surface area contributed by atoms with Gasteiger partial charge < -0.3 is 18.7 Å². The fraction of sp³-hybridized carbons (Fsp3) is 0.211. The van der Waals surface area contributed by atoms with Crippen LogP contribution in [0.15, 0.2) is 40.9 Å². The van der Waals surface area contributed by atoms with Gasteiger partial charge in [-0.1, -0.05) is 11.2 Å². The van der Waals surface area contributed by atoms with Crippen molar-refractivity contribution in [1.82, 2.24) is 10.1 Å². The Hall–Kier alpha value is -4.09. The van der Waals surface area contributed by atoms with E-state index in [-0.39, 0.29) is 46.6 Å². The highest BCUT2D eigenvalue weighted by atomic mass is 19.3. The number of methoxy groups -OCH3 is 1. The molecule has 0 saturated heterocycles. The van der Waals surface area contributed by atoms with Gasteiger partial charge in [0.15, 0.2) is 18.1 Å². The second-order valence-electron chi connectivity index (χ2n) is 6.04. The average Bonchev–Trinajstić information content (AvgIpc) is 3.21. The Labute approximate surface area is 173 Å². The van der Waals surface area contributed by atoms with Crippen LogP contribution in [0.2, 0.25) is 0 Å². The minimum Gasteiger partial charge on any atom is -0.493 e. The number of carbonyl (C=O) groups is 1. The van der Waals surface area contributed by atoms with E-state index in [1.54, 1.807) is 0 Å². The second kappa shape index (κ2) is 9.15. The molecule has 0 aliphatic carbocycles. The van der Waals surface area contributed by atoms with Crippen LogP contribution in [-0.2, 0) is 11.3 Å². The van der Waals surface area contributed by atoms with Crippen LogP contribution < -0.4 is 9.47 Å². The van der Waals surface area contributed by atoms with Crippen molar-refractivity contribution in [3.63, 3.8) is 0 Å². The molecule has 0 aliphatic heterocycles. The number of carbonyl (C=O) groups excluding carboxylic acids is 1. The van der Waals surface area contributed by atoms with Crippen molar-refractivity contribution >= 4 is 11.7 Å². The average molecular weight is 435 g/mol. The Balaban J connectivity index is 1.72.